The maximum atomic E-state index is 12.0. The predicted molar refractivity (Wildman–Crippen MR) is 78.9 cm³/mol. The highest BCUT2D eigenvalue weighted by atomic mass is 16.5. The fraction of sp³-hybridized carbons (Fsp3) is 0.533. The van der Waals surface area contributed by atoms with Crippen LogP contribution in [0.15, 0.2) is 18.2 Å². The number of nitrogens with one attached hydrogen (secondary N) is 1. The molecule has 0 spiro atoms. The van der Waals surface area contributed by atoms with Crippen LogP contribution in [0.25, 0.3) is 0 Å². The van der Waals surface area contributed by atoms with Gasteiger partial charge in [0.1, 0.15) is 5.75 Å². The summed E-state index contributed by atoms with van der Waals surface area (Å²) in [7, 11) is 5.38. The second-order valence-corrected chi connectivity index (χ2v) is 4.51. The first-order valence-electron chi connectivity index (χ1n) is 6.72. The van der Waals surface area contributed by atoms with E-state index in [1.54, 1.807) is 12.0 Å². The number of anilines is 1. The summed E-state index contributed by atoms with van der Waals surface area (Å²) >= 11 is 0. The van der Waals surface area contributed by atoms with Gasteiger partial charge in [0.25, 0.3) is 0 Å². The minimum atomic E-state index is 0.141. The summed E-state index contributed by atoms with van der Waals surface area (Å²) in [5, 5.41) is 3.05. The molecule has 0 heterocycles. The second kappa shape index (κ2) is 7.79. The van der Waals surface area contributed by atoms with Crippen molar-refractivity contribution in [2.45, 2.75) is 26.2 Å². The van der Waals surface area contributed by atoms with Crippen molar-refractivity contribution in [1.82, 2.24) is 5.32 Å². The lowest BCUT2D eigenvalue weighted by Gasteiger charge is -2.19. The summed E-state index contributed by atoms with van der Waals surface area (Å²) in [6, 6.07) is 5.87. The second-order valence-electron chi connectivity index (χ2n) is 4.51. The van der Waals surface area contributed by atoms with Gasteiger partial charge in [-0.25, -0.2) is 0 Å². The standard InChI is InChI=1S/C15H24N2O2/c1-5-12-11-13(8-9-14(12)19-4)17(3)15(18)7-6-10-16-2/h8-9,11,16H,5-7,10H2,1-4H3. The first-order chi connectivity index (χ1) is 9.13. The summed E-state index contributed by atoms with van der Waals surface area (Å²) in [5.74, 6) is 1.02. The van der Waals surface area contributed by atoms with E-state index in [0.717, 1.165) is 36.4 Å². The zero-order valence-electron chi connectivity index (χ0n) is 12.3. The number of carbonyl (C=O) groups is 1. The molecule has 0 atom stereocenters. The number of carbonyl (C=O) groups excluding carboxylic acids is 1. The SMILES string of the molecule is CCc1cc(N(C)C(=O)CCCNC)ccc1OC. The molecule has 0 aliphatic carbocycles. The summed E-state index contributed by atoms with van der Waals surface area (Å²) < 4.78 is 5.30. The molecule has 0 saturated carbocycles. The number of nitrogens with zero attached hydrogens (tertiary/aromatic N) is 1. The van der Waals surface area contributed by atoms with E-state index in [2.05, 4.69) is 12.2 Å². The molecular formula is C15H24N2O2. The number of methoxy groups -OCH3 is 1. The van der Waals surface area contributed by atoms with Gasteiger partial charge in [-0.3, -0.25) is 4.79 Å². The molecule has 1 aromatic carbocycles. The van der Waals surface area contributed by atoms with E-state index in [1.807, 2.05) is 32.3 Å². The smallest absolute Gasteiger partial charge is 0.226 e. The van der Waals surface area contributed by atoms with Crippen LogP contribution in [0.3, 0.4) is 0 Å². The number of amides is 1. The van der Waals surface area contributed by atoms with Gasteiger partial charge in [-0.2, -0.15) is 0 Å². The molecular weight excluding hydrogens is 240 g/mol. The van der Waals surface area contributed by atoms with Crippen molar-refractivity contribution in [3.63, 3.8) is 0 Å². The van der Waals surface area contributed by atoms with Crippen molar-refractivity contribution in [3.05, 3.63) is 23.8 Å². The number of ether oxygens (including phenoxy) is 1. The van der Waals surface area contributed by atoms with E-state index in [0.29, 0.717) is 6.42 Å². The fourth-order valence-electron chi connectivity index (χ4n) is 1.98. The van der Waals surface area contributed by atoms with Crippen LogP contribution in [0, 0.1) is 0 Å². The number of benzene rings is 1. The number of aryl methyl sites for hydroxylation is 1. The normalized spacial score (nSPS) is 10.3. The Morgan fingerprint density at radius 2 is 2.16 bits per heavy atom. The lowest BCUT2D eigenvalue weighted by molar-refractivity contribution is -0.118. The number of hydrogen-bond acceptors (Lipinski definition) is 3. The highest BCUT2D eigenvalue weighted by Crippen LogP contribution is 2.25. The van der Waals surface area contributed by atoms with E-state index in [9.17, 15) is 4.79 Å². The maximum Gasteiger partial charge on any atom is 0.226 e. The van der Waals surface area contributed by atoms with Crippen LogP contribution in [-0.2, 0) is 11.2 Å². The summed E-state index contributed by atoms with van der Waals surface area (Å²) in [6.07, 6.45) is 2.31. The Morgan fingerprint density at radius 1 is 1.42 bits per heavy atom. The molecule has 4 nitrogen and oxygen atoms in total. The van der Waals surface area contributed by atoms with Crippen molar-refractivity contribution in [3.8, 4) is 5.75 Å². The predicted octanol–water partition coefficient (Wildman–Crippen LogP) is 2.22. The van der Waals surface area contributed by atoms with Crippen molar-refractivity contribution in [1.29, 1.82) is 0 Å². The molecule has 4 heteroatoms. The largest absolute Gasteiger partial charge is 0.496 e. The summed E-state index contributed by atoms with van der Waals surface area (Å²) in [5.41, 5.74) is 2.04. The molecule has 1 rings (SSSR count). The molecule has 0 aliphatic rings. The van der Waals surface area contributed by atoms with E-state index in [4.69, 9.17) is 4.74 Å². The van der Waals surface area contributed by atoms with Gasteiger partial charge in [0.2, 0.25) is 5.91 Å². The van der Waals surface area contributed by atoms with Crippen molar-refractivity contribution in [2.24, 2.45) is 0 Å². The van der Waals surface area contributed by atoms with Crippen molar-refractivity contribution in [2.75, 3.05) is 32.6 Å². The zero-order valence-corrected chi connectivity index (χ0v) is 12.3. The number of hydrogen-bond donors (Lipinski definition) is 1. The van der Waals surface area contributed by atoms with Crippen LogP contribution >= 0.6 is 0 Å². The molecule has 0 aromatic heterocycles. The van der Waals surface area contributed by atoms with Gasteiger partial charge in [0.05, 0.1) is 7.11 Å². The lowest BCUT2D eigenvalue weighted by Crippen LogP contribution is -2.26. The third-order valence-electron chi connectivity index (χ3n) is 3.22. The Labute approximate surface area is 115 Å². The summed E-state index contributed by atoms with van der Waals surface area (Å²) in [6.45, 7) is 2.94. The van der Waals surface area contributed by atoms with E-state index in [1.165, 1.54) is 0 Å². The first-order valence-corrected chi connectivity index (χ1v) is 6.72. The minimum absolute atomic E-state index is 0.141. The van der Waals surface area contributed by atoms with E-state index < -0.39 is 0 Å². The molecule has 0 radical (unpaired) electrons. The average molecular weight is 264 g/mol. The monoisotopic (exact) mass is 264 g/mol. The van der Waals surface area contributed by atoms with Crippen LogP contribution in [-0.4, -0.2) is 33.7 Å². The van der Waals surface area contributed by atoms with Crippen LogP contribution in [0.1, 0.15) is 25.3 Å². The Hall–Kier alpha value is -1.55. The average Bonchev–Trinajstić information content (AvgIpc) is 2.45. The molecule has 1 aromatic rings. The molecule has 0 aliphatic heterocycles. The molecule has 0 bridgehead atoms. The molecule has 1 N–H and O–H groups in total. The van der Waals surface area contributed by atoms with Crippen molar-refractivity contribution < 1.29 is 9.53 Å². The van der Waals surface area contributed by atoms with Gasteiger partial charge in [-0.05, 0) is 50.2 Å². The maximum absolute atomic E-state index is 12.0. The van der Waals surface area contributed by atoms with Crippen LogP contribution in [0.5, 0.6) is 5.75 Å². The quantitative estimate of drug-likeness (QED) is 0.768. The van der Waals surface area contributed by atoms with Gasteiger partial charge >= 0.3 is 0 Å². The van der Waals surface area contributed by atoms with Gasteiger partial charge in [-0.1, -0.05) is 6.92 Å². The lowest BCUT2D eigenvalue weighted by atomic mass is 10.1. The van der Waals surface area contributed by atoms with Gasteiger partial charge in [-0.15, -0.1) is 0 Å². The third kappa shape index (κ3) is 4.24. The summed E-state index contributed by atoms with van der Waals surface area (Å²) in [4.78, 5) is 13.8. The van der Waals surface area contributed by atoms with E-state index in [-0.39, 0.29) is 5.91 Å². The van der Waals surface area contributed by atoms with Gasteiger partial charge < -0.3 is 15.0 Å². The highest BCUT2D eigenvalue weighted by Gasteiger charge is 2.12. The van der Waals surface area contributed by atoms with Crippen molar-refractivity contribution >= 4 is 11.6 Å². The minimum Gasteiger partial charge on any atom is -0.496 e. The van der Waals surface area contributed by atoms with Gasteiger partial charge in [0, 0.05) is 19.2 Å². The molecule has 0 unspecified atom stereocenters. The topological polar surface area (TPSA) is 41.6 Å². The molecule has 106 valence electrons. The Morgan fingerprint density at radius 3 is 2.74 bits per heavy atom. The van der Waals surface area contributed by atoms with Crippen LogP contribution < -0.4 is 15.0 Å². The Bertz CT molecular complexity index is 419. The Kier molecular flexibility index (Phi) is 6.36. The molecule has 0 fully saturated rings. The van der Waals surface area contributed by atoms with Crippen LogP contribution in [0.4, 0.5) is 5.69 Å². The van der Waals surface area contributed by atoms with Crippen LogP contribution in [0.2, 0.25) is 0 Å². The zero-order chi connectivity index (χ0) is 14.3. The van der Waals surface area contributed by atoms with Gasteiger partial charge in [0.15, 0.2) is 0 Å². The fourth-order valence-corrected chi connectivity index (χ4v) is 1.98. The number of rotatable bonds is 7. The van der Waals surface area contributed by atoms with E-state index >= 15 is 0 Å². The molecule has 0 saturated heterocycles. The molecule has 1 amide bonds. The first kappa shape index (κ1) is 15.5. The highest BCUT2D eigenvalue weighted by molar-refractivity contribution is 5.92. The third-order valence-corrected chi connectivity index (χ3v) is 3.22. The Balaban J connectivity index is 2.76. The molecule has 19 heavy (non-hydrogen) atoms.